The number of para-hydroxylation sites is 4. The smallest absolute Gasteiger partial charge is 0.328 e. The van der Waals surface area contributed by atoms with Crippen molar-refractivity contribution in [3.05, 3.63) is 233 Å². The predicted octanol–water partition coefficient (Wildman–Crippen LogP) is 11.6. The van der Waals surface area contributed by atoms with Crippen LogP contribution < -0.4 is 20.1 Å². The molecule has 11 nitrogen and oxygen atoms in total. The first-order valence-electron chi connectivity index (χ1n) is 23.0. The van der Waals surface area contributed by atoms with Gasteiger partial charge in [-0.05, 0) is 120 Å². The number of fused-ring (bicyclic) bond motifs is 3. The fourth-order valence-corrected chi connectivity index (χ4v) is 8.63. The first kappa shape index (κ1) is 47.1. The van der Waals surface area contributed by atoms with Gasteiger partial charge in [-0.15, -0.1) is 0 Å². The number of ketones is 2. The first-order chi connectivity index (χ1) is 34.6. The minimum Gasteiger partial charge on any atom is -0.492 e. The largest absolute Gasteiger partial charge is 0.492 e. The average Bonchev–Trinajstić information content (AvgIpc) is 3.72. The Morgan fingerprint density at radius 2 is 0.972 bits per heavy atom. The van der Waals surface area contributed by atoms with Gasteiger partial charge in [-0.25, -0.2) is 14.0 Å². The number of carboxylic acids is 1. The number of carboxylic acid groups (broad SMARTS) is 1. The van der Waals surface area contributed by atoms with Gasteiger partial charge in [-0.2, -0.15) is 0 Å². The topological polar surface area (TPSA) is 145 Å². The zero-order chi connectivity index (χ0) is 49.3. The highest BCUT2D eigenvalue weighted by molar-refractivity contribution is 6.13. The molecule has 0 radical (unpaired) electrons. The zero-order valence-electron chi connectivity index (χ0n) is 38.6. The van der Waals surface area contributed by atoms with Gasteiger partial charge >= 0.3 is 11.9 Å². The van der Waals surface area contributed by atoms with Gasteiger partial charge in [0.15, 0.2) is 11.6 Å². The number of nitrogens with one attached hydrogen (secondary N) is 2. The van der Waals surface area contributed by atoms with Crippen molar-refractivity contribution in [3.8, 4) is 17.2 Å². The van der Waals surface area contributed by atoms with Crippen LogP contribution in [-0.4, -0.2) is 59.0 Å². The van der Waals surface area contributed by atoms with Crippen molar-refractivity contribution in [1.29, 1.82) is 0 Å². The van der Waals surface area contributed by atoms with Crippen LogP contribution in [0.3, 0.4) is 0 Å². The van der Waals surface area contributed by atoms with Crippen LogP contribution in [0.4, 0.5) is 15.8 Å². The van der Waals surface area contributed by atoms with Crippen LogP contribution in [0, 0.1) is 5.82 Å². The molecular formula is C59H48FN3O8. The number of nitrogens with zero attached hydrogens (tertiary/aromatic N) is 1. The molecule has 0 saturated heterocycles. The second-order valence-corrected chi connectivity index (χ2v) is 16.9. The zero-order valence-corrected chi connectivity index (χ0v) is 38.6. The monoisotopic (exact) mass is 945 g/mol. The molecule has 12 heteroatoms. The molecule has 0 saturated carbocycles. The van der Waals surface area contributed by atoms with E-state index in [1.165, 1.54) is 42.1 Å². The second-order valence-electron chi connectivity index (χ2n) is 16.9. The first-order valence-corrected chi connectivity index (χ1v) is 23.0. The second kappa shape index (κ2) is 21.5. The quantitative estimate of drug-likeness (QED) is 0.0499. The van der Waals surface area contributed by atoms with Crippen LogP contribution in [0.25, 0.3) is 21.8 Å². The molecule has 3 N–H and O–H groups in total. The van der Waals surface area contributed by atoms with Crippen molar-refractivity contribution in [2.75, 3.05) is 24.4 Å². The van der Waals surface area contributed by atoms with Crippen molar-refractivity contribution < 1.29 is 42.9 Å². The number of halogens is 1. The van der Waals surface area contributed by atoms with Gasteiger partial charge in [0.2, 0.25) is 0 Å². The lowest BCUT2D eigenvalue weighted by Crippen LogP contribution is -2.33. The number of aliphatic carboxylic acids is 1. The van der Waals surface area contributed by atoms with E-state index in [-0.39, 0.29) is 24.4 Å². The van der Waals surface area contributed by atoms with Gasteiger partial charge < -0.3 is 34.5 Å². The Labute approximate surface area is 409 Å². The summed E-state index contributed by atoms with van der Waals surface area (Å²) in [4.78, 5) is 52.8. The van der Waals surface area contributed by atoms with E-state index in [0.29, 0.717) is 64.0 Å². The Kier molecular flexibility index (Phi) is 14.3. The normalized spacial score (nSPS) is 11.9. The summed E-state index contributed by atoms with van der Waals surface area (Å²) in [7, 11) is 1.29. The van der Waals surface area contributed by atoms with Gasteiger partial charge in [0.25, 0.3) is 0 Å². The molecule has 2 unspecified atom stereocenters. The van der Waals surface area contributed by atoms with Crippen LogP contribution in [0.1, 0.15) is 43.0 Å². The molecule has 0 aliphatic carbocycles. The lowest BCUT2D eigenvalue weighted by molar-refractivity contribution is -0.141. The van der Waals surface area contributed by atoms with Crippen LogP contribution in [0.5, 0.6) is 17.2 Å². The summed E-state index contributed by atoms with van der Waals surface area (Å²) in [5.41, 5.74) is 6.01. The van der Waals surface area contributed by atoms with E-state index in [2.05, 4.69) is 39.5 Å². The average molecular weight is 946 g/mol. The number of hydrogen-bond donors (Lipinski definition) is 3. The molecule has 9 rings (SSSR count). The summed E-state index contributed by atoms with van der Waals surface area (Å²) in [6, 6.07) is 54.9. The number of carbonyl (C=O) groups excluding carboxylic acids is 3. The van der Waals surface area contributed by atoms with E-state index in [9.17, 15) is 28.7 Å². The van der Waals surface area contributed by atoms with E-state index < -0.39 is 29.8 Å². The summed E-state index contributed by atoms with van der Waals surface area (Å²) in [6.45, 7) is 1.10. The third-order valence-electron chi connectivity index (χ3n) is 12.2. The van der Waals surface area contributed by atoms with Crippen molar-refractivity contribution in [2.45, 2.75) is 31.5 Å². The maximum absolute atomic E-state index is 13.9. The van der Waals surface area contributed by atoms with E-state index >= 15 is 0 Å². The SMILES string of the molecule is COC(=O)C(Cc1ccc(Oc2ccc(C(=O)c3ccccc3NC(Cc3ccc(OCCn4c5ccccc5c5ccccc54)cc3)C(=O)O)cc2)cc1)Nc1ccccc1C(=O)c1ccc(F)cc1. The molecule has 0 aliphatic rings. The Bertz CT molecular complexity index is 3300. The summed E-state index contributed by atoms with van der Waals surface area (Å²) < 4.78 is 33.1. The van der Waals surface area contributed by atoms with Crippen molar-refractivity contribution >= 4 is 56.7 Å². The molecule has 0 amide bonds. The maximum atomic E-state index is 13.9. The highest BCUT2D eigenvalue weighted by Gasteiger charge is 2.24. The minimum atomic E-state index is -1.06. The van der Waals surface area contributed by atoms with E-state index in [1.54, 1.807) is 84.9 Å². The fraction of sp³-hybridized carbons (Fsp3) is 0.119. The maximum Gasteiger partial charge on any atom is 0.328 e. The van der Waals surface area contributed by atoms with E-state index in [4.69, 9.17) is 14.2 Å². The van der Waals surface area contributed by atoms with Crippen LogP contribution in [0.2, 0.25) is 0 Å². The number of carbonyl (C=O) groups is 4. The van der Waals surface area contributed by atoms with Crippen LogP contribution in [0.15, 0.2) is 194 Å². The number of esters is 1. The molecule has 0 spiro atoms. The summed E-state index contributed by atoms with van der Waals surface area (Å²) in [5.74, 6) is -1.01. The van der Waals surface area contributed by atoms with Crippen molar-refractivity contribution in [2.24, 2.45) is 0 Å². The lowest BCUT2D eigenvalue weighted by atomic mass is 10.00. The Morgan fingerprint density at radius 3 is 1.49 bits per heavy atom. The predicted molar refractivity (Wildman–Crippen MR) is 272 cm³/mol. The van der Waals surface area contributed by atoms with Gasteiger partial charge in [0.1, 0.15) is 41.8 Å². The molecule has 8 aromatic carbocycles. The Morgan fingerprint density at radius 1 is 0.535 bits per heavy atom. The third-order valence-corrected chi connectivity index (χ3v) is 12.2. The number of anilines is 2. The number of rotatable bonds is 20. The van der Waals surface area contributed by atoms with Crippen LogP contribution in [-0.2, 0) is 33.7 Å². The molecule has 0 aliphatic heterocycles. The van der Waals surface area contributed by atoms with Crippen molar-refractivity contribution in [1.82, 2.24) is 4.57 Å². The molecule has 9 aromatic rings. The van der Waals surface area contributed by atoms with Crippen LogP contribution >= 0.6 is 0 Å². The highest BCUT2D eigenvalue weighted by Crippen LogP contribution is 2.30. The summed E-state index contributed by atoms with van der Waals surface area (Å²) in [6.07, 6.45) is 0.382. The number of aromatic nitrogens is 1. The molecule has 2 atom stereocenters. The third kappa shape index (κ3) is 11.0. The summed E-state index contributed by atoms with van der Waals surface area (Å²) in [5, 5.41) is 19.0. The molecule has 0 fully saturated rings. The molecule has 71 heavy (non-hydrogen) atoms. The Hall–Kier alpha value is -9.03. The van der Waals surface area contributed by atoms with E-state index in [0.717, 1.165) is 22.2 Å². The molecular weight excluding hydrogens is 898 g/mol. The minimum absolute atomic E-state index is 0.159. The molecule has 1 aromatic heterocycles. The number of methoxy groups -OCH3 is 1. The van der Waals surface area contributed by atoms with E-state index in [1.807, 2.05) is 60.7 Å². The summed E-state index contributed by atoms with van der Waals surface area (Å²) >= 11 is 0. The van der Waals surface area contributed by atoms with Gasteiger partial charge in [0.05, 0.1) is 13.7 Å². The molecule has 354 valence electrons. The molecule has 0 bridgehead atoms. The number of ether oxygens (including phenoxy) is 3. The van der Waals surface area contributed by atoms with Crippen molar-refractivity contribution in [3.63, 3.8) is 0 Å². The lowest BCUT2D eigenvalue weighted by Gasteiger charge is -2.20. The number of benzene rings is 8. The van der Waals surface area contributed by atoms with Gasteiger partial charge in [0, 0.05) is 68.3 Å². The van der Waals surface area contributed by atoms with Gasteiger partial charge in [-0.3, -0.25) is 9.59 Å². The van der Waals surface area contributed by atoms with Gasteiger partial charge in [-0.1, -0.05) is 84.9 Å². The number of hydrogen-bond acceptors (Lipinski definition) is 9. The fourth-order valence-electron chi connectivity index (χ4n) is 8.63. The standard InChI is InChI=1S/C59H48FN3O8/c1-69-59(68)53(62-51-15-7-3-13-49(51)56(64)40-22-26-42(60)27-23-40)37-39-20-30-44(31-21-39)71-45-32-24-41(25-33-45)57(65)48-12-2-6-14-50(48)61-52(58(66)67)36-38-18-28-43(29-19-38)70-35-34-63-54-16-8-4-10-46(54)47-11-5-9-17-55(47)63/h2-33,52-53,61-62H,34-37H2,1H3,(H,66,67). The Balaban J connectivity index is 0.798. The highest BCUT2D eigenvalue weighted by atomic mass is 19.1. The molecule has 1 heterocycles.